The molecule has 2 N–H and O–H groups in total. The number of hydrogen-bond donors (Lipinski definition) is 2. The van der Waals surface area contributed by atoms with Crippen LogP contribution in [-0.4, -0.2) is 23.2 Å². The van der Waals surface area contributed by atoms with Crippen molar-refractivity contribution in [3.8, 4) is 5.75 Å². The van der Waals surface area contributed by atoms with E-state index in [9.17, 15) is 14.3 Å². The first-order valence-electron chi connectivity index (χ1n) is 7.20. The summed E-state index contributed by atoms with van der Waals surface area (Å²) in [6.07, 6.45) is 1.71. The highest BCUT2D eigenvalue weighted by Crippen LogP contribution is 2.34. The Morgan fingerprint density at radius 2 is 2.00 bits per heavy atom. The maximum absolute atomic E-state index is 13.3. The molecule has 0 spiro atoms. The Labute approximate surface area is 132 Å². The number of carboxylic acid groups (broad SMARTS) is 1. The van der Waals surface area contributed by atoms with E-state index in [1.54, 1.807) is 31.5 Å². The molecular weight excluding hydrogens is 297 g/mol. The summed E-state index contributed by atoms with van der Waals surface area (Å²) in [5, 5.41) is 10.1. The Bertz CT molecular complexity index is 839. The van der Waals surface area contributed by atoms with Crippen LogP contribution < -0.4 is 4.74 Å². The zero-order valence-corrected chi connectivity index (χ0v) is 12.5. The standard InChI is InChI=1S/C18H16FNO3/c1-23-13-5-2-11(3-6-13)15(9-18(21)22)16-10-20-17-8-12(19)4-7-14(16)17/h2-8,10,15,20H,9H2,1H3,(H,21,22). The second kappa shape index (κ2) is 6.12. The van der Waals surface area contributed by atoms with Crippen molar-refractivity contribution in [1.82, 2.24) is 4.98 Å². The minimum absolute atomic E-state index is 0.0450. The summed E-state index contributed by atoms with van der Waals surface area (Å²) < 4.78 is 18.5. The first-order chi connectivity index (χ1) is 11.1. The lowest BCUT2D eigenvalue weighted by Crippen LogP contribution is -2.07. The van der Waals surface area contributed by atoms with Gasteiger partial charge in [-0.3, -0.25) is 4.79 Å². The van der Waals surface area contributed by atoms with Gasteiger partial charge >= 0.3 is 5.97 Å². The van der Waals surface area contributed by atoms with Crippen LogP contribution in [0.2, 0.25) is 0 Å². The minimum atomic E-state index is -0.887. The van der Waals surface area contributed by atoms with Gasteiger partial charge in [-0.1, -0.05) is 12.1 Å². The number of rotatable bonds is 5. The molecule has 118 valence electrons. The van der Waals surface area contributed by atoms with Crippen LogP contribution >= 0.6 is 0 Å². The highest BCUT2D eigenvalue weighted by atomic mass is 19.1. The van der Waals surface area contributed by atoms with Crippen molar-refractivity contribution >= 4 is 16.9 Å². The van der Waals surface area contributed by atoms with Gasteiger partial charge in [-0.25, -0.2) is 4.39 Å². The number of H-pyrrole nitrogens is 1. The van der Waals surface area contributed by atoms with Gasteiger partial charge < -0.3 is 14.8 Å². The van der Waals surface area contributed by atoms with E-state index >= 15 is 0 Å². The number of ether oxygens (including phenoxy) is 1. The molecule has 2 aromatic carbocycles. The van der Waals surface area contributed by atoms with Crippen LogP contribution in [0.25, 0.3) is 10.9 Å². The maximum atomic E-state index is 13.3. The van der Waals surface area contributed by atoms with Gasteiger partial charge in [-0.05, 0) is 41.5 Å². The molecule has 3 rings (SSSR count). The van der Waals surface area contributed by atoms with Crippen LogP contribution in [0.3, 0.4) is 0 Å². The van der Waals surface area contributed by atoms with E-state index in [0.717, 1.165) is 16.5 Å². The lowest BCUT2D eigenvalue weighted by molar-refractivity contribution is -0.137. The topological polar surface area (TPSA) is 62.3 Å². The molecule has 3 aromatic rings. The molecule has 4 nitrogen and oxygen atoms in total. The number of nitrogens with one attached hydrogen (secondary N) is 1. The average Bonchev–Trinajstić information content (AvgIpc) is 2.95. The largest absolute Gasteiger partial charge is 0.497 e. The molecule has 5 heteroatoms. The van der Waals surface area contributed by atoms with Crippen molar-refractivity contribution in [2.45, 2.75) is 12.3 Å². The number of halogens is 1. The maximum Gasteiger partial charge on any atom is 0.304 e. The molecule has 0 amide bonds. The number of methoxy groups -OCH3 is 1. The van der Waals surface area contributed by atoms with Gasteiger partial charge in [0.15, 0.2) is 0 Å². The van der Waals surface area contributed by atoms with Gasteiger partial charge in [-0.15, -0.1) is 0 Å². The number of fused-ring (bicyclic) bond motifs is 1. The van der Waals surface area contributed by atoms with Crippen LogP contribution in [0.1, 0.15) is 23.5 Å². The second-order valence-corrected chi connectivity index (χ2v) is 5.36. The number of hydrogen-bond acceptors (Lipinski definition) is 2. The fraction of sp³-hybridized carbons (Fsp3) is 0.167. The van der Waals surface area contributed by atoms with Crippen molar-refractivity contribution in [3.05, 3.63) is 65.6 Å². The van der Waals surface area contributed by atoms with Crippen molar-refractivity contribution in [2.75, 3.05) is 7.11 Å². The smallest absolute Gasteiger partial charge is 0.304 e. The molecule has 1 heterocycles. The van der Waals surface area contributed by atoms with E-state index in [2.05, 4.69) is 4.98 Å². The molecule has 1 aromatic heterocycles. The third-order valence-electron chi connectivity index (χ3n) is 3.95. The molecule has 1 atom stereocenters. The zero-order chi connectivity index (χ0) is 16.4. The summed E-state index contributed by atoms with van der Waals surface area (Å²) in [5.74, 6) is -0.825. The molecule has 0 fully saturated rings. The predicted octanol–water partition coefficient (Wildman–Crippen LogP) is 3.92. The molecular formula is C18H16FNO3. The van der Waals surface area contributed by atoms with Crippen LogP contribution in [-0.2, 0) is 4.79 Å². The zero-order valence-electron chi connectivity index (χ0n) is 12.5. The van der Waals surface area contributed by atoms with Crippen LogP contribution in [0.4, 0.5) is 4.39 Å². The highest BCUT2D eigenvalue weighted by Gasteiger charge is 2.21. The first-order valence-corrected chi connectivity index (χ1v) is 7.20. The van der Waals surface area contributed by atoms with E-state index in [4.69, 9.17) is 4.74 Å². The molecule has 23 heavy (non-hydrogen) atoms. The monoisotopic (exact) mass is 313 g/mol. The molecule has 0 saturated heterocycles. The number of aromatic amines is 1. The molecule has 1 unspecified atom stereocenters. The van der Waals surface area contributed by atoms with Gasteiger partial charge in [0.05, 0.1) is 13.5 Å². The second-order valence-electron chi connectivity index (χ2n) is 5.36. The highest BCUT2D eigenvalue weighted by molar-refractivity contribution is 5.85. The predicted molar refractivity (Wildman–Crippen MR) is 85.3 cm³/mol. The van der Waals surface area contributed by atoms with Gasteiger partial charge in [0, 0.05) is 23.0 Å². The molecule has 0 aliphatic heterocycles. The Kier molecular flexibility index (Phi) is 4.02. The van der Waals surface area contributed by atoms with Crippen molar-refractivity contribution < 1.29 is 19.0 Å². The quantitative estimate of drug-likeness (QED) is 0.750. The Hall–Kier alpha value is -2.82. The third kappa shape index (κ3) is 3.04. The van der Waals surface area contributed by atoms with E-state index in [1.165, 1.54) is 12.1 Å². The molecule has 0 radical (unpaired) electrons. The number of benzene rings is 2. The van der Waals surface area contributed by atoms with Crippen LogP contribution in [0.15, 0.2) is 48.7 Å². The minimum Gasteiger partial charge on any atom is -0.497 e. The van der Waals surface area contributed by atoms with E-state index in [-0.39, 0.29) is 18.2 Å². The summed E-state index contributed by atoms with van der Waals surface area (Å²) in [6, 6.07) is 11.8. The number of aliphatic carboxylic acids is 1. The van der Waals surface area contributed by atoms with Gasteiger partial charge in [-0.2, -0.15) is 0 Å². The summed E-state index contributed by atoms with van der Waals surface area (Å²) in [5.41, 5.74) is 2.37. The molecule has 0 aliphatic rings. The van der Waals surface area contributed by atoms with Crippen molar-refractivity contribution in [2.24, 2.45) is 0 Å². The normalized spacial score (nSPS) is 12.3. The molecule has 0 aliphatic carbocycles. The molecule has 0 bridgehead atoms. The lowest BCUT2D eigenvalue weighted by atomic mass is 9.88. The van der Waals surface area contributed by atoms with Crippen LogP contribution in [0, 0.1) is 5.82 Å². The van der Waals surface area contributed by atoms with Crippen LogP contribution in [0.5, 0.6) is 5.75 Å². The van der Waals surface area contributed by atoms with Gasteiger partial charge in [0.25, 0.3) is 0 Å². The first kappa shape index (κ1) is 15.1. The third-order valence-corrected chi connectivity index (χ3v) is 3.95. The lowest BCUT2D eigenvalue weighted by Gasteiger charge is -2.15. The SMILES string of the molecule is COc1ccc(C(CC(=O)O)c2c[nH]c3cc(F)ccc23)cc1. The number of aromatic nitrogens is 1. The average molecular weight is 313 g/mol. The Morgan fingerprint density at radius 3 is 2.65 bits per heavy atom. The summed E-state index contributed by atoms with van der Waals surface area (Å²) in [6.45, 7) is 0. The fourth-order valence-electron chi connectivity index (χ4n) is 2.83. The number of carbonyl (C=O) groups is 1. The van der Waals surface area contributed by atoms with Gasteiger partial charge in [0.2, 0.25) is 0 Å². The van der Waals surface area contributed by atoms with Gasteiger partial charge in [0.1, 0.15) is 11.6 Å². The van der Waals surface area contributed by atoms with Crippen molar-refractivity contribution in [1.29, 1.82) is 0 Å². The van der Waals surface area contributed by atoms with E-state index < -0.39 is 5.97 Å². The Balaban J connectivity index is 2.08. The van der Waals surface area contributed by atoms with E-state index in [1.807, 2.05) is 12.1 Å². The van der Waals surface area contributed by atoms with E-state index in [0.29, 0.717) is 11.3 Å². The summed E-state index contributed by atoms with van der Waals surface area (Å²) in [4.78, 5) is 14.3. The fourth-order valence-corrected chi connectivity index (χ4v) is 2.83. The Morgan fingerprint density at radius 1 is 1.26 bits per heavy atom. The molecule has 0 saturated carbocycles. The summed E-state index contributed by atoms with van der Waals surface area (Å²) in [7, 11) is 1.58. The summed E-state index contributed by atoms with van der Waals surface area (Å²) >= 11 is 0. The number of carboxylic acids is 1. The van der Waals surface area contributed by atoms with Crippen molar-refractivity contribution in [3.63, 3.8) is 0 Å².